The number of hydrogen-bond donors (Lipinski definition) is 1. The van der Waals surface area contributed by atoms with Crippen molar-refractivity contribution < 1.29 is 14.3 Å². The van der Waals surface area contributed by atoms with Crippen molar-refractivity contribution in [3.63, 3.8) is 0 Å². The molecule has 0 unspecified atom stereocenters. The van der Waals surface area contributed by atoms with Gasteiger partial charge in [0.25, 0.3) is 5.91 Å². The number of nitrogens with zero attached hydrogens (tertiary/aromatic N) is 1. The zero-order chi connectivity index (χ0) is 16.1. The second-order valence-electron chi connectivity index (χ2n) is 5.82. The van der Waals surface area contributed by atoms with Gasteiger partial charge in [0.1, 0.15) is 5.75 Å². The van der Waals surface area contributed by atoms with Crippen LogP contribution in [-0.2, 0) is 16.0 Å². The van der Waals surface area contributed by atoms with Gasteiger partial charge in [0, 0.05) is 12.6 Å². The highest BCUT2D eigenvalue weighted by Crippen LogP contribution is 2.23. The van der Waals surface area contributed by atoms with E-state index in [-0.39, 0.29) is 30.4 Å². The van der Waals surface area contributed by atoms with Gasteiger partial charge < -0.3 is 15.4 Å². The Bertz CT molecular complexity index is 544. The van der Waals surface area contributed by atoms with Gasteiger partial charge >= 0.3 is 0 Å². The van der Waals surface area contributed by atoms with E-state index in [2.05, 4.69) is 0 Å². The van der Waals surface area contributed by atoms with Gasteiger partial charge in [-0.3, -0.25) is 9.59 Å². The zero-order valence-corrected chi connectivity index (χ0v) is 13.2. The van der Waals surface area contributed by atoms with Gasteiger partial charge in [-0.05, 0) is 37.8 Å². The number of carbonyl (C=O) groups is 2. The average molecular weight is 304 g/mol. The van der Waals surface area contributed by atoms with Gasteiger partial charge in [-0.15, -0.1) is 0 Å². The van der Waals surface area contributed by atoms with Crippen LogP contribution in [0.15, 0.2) is 24.3 Å². The molecule has 1 heterocycles. The van der Waals surface area contributed by atoms with E-state index >= 15 is 0 Å². The normalized spacial score (nSPS) is 21.5. The molecule has 0 saturated carbocycles. The molecule has 0 aromatic heterocycles. The van der Waals surface area contributed by atoms with E-state index < -0.39 is 0 Å². The van der Waals surface area contributed by atoms with Gasteiger partial charge in [-0.1, -0.05) is 25.1 Å². The average Bonchev–Trinajstić information content (AvgIpc) is 2.53. The van der Waals surface area contributed by atoms with Crippen LogP contribution in [0.25, 0.3) is 0 Å². The number of ether oxygens (including phenoxy) is 1. The largest absolute Gasteiger partial charge is 0.483 e. The maximum atomic E-state index is 12.4. The van der Waals surface area contributed by atoms with Crippen molar-refractivity contribution in [2.75, 3.05) is 13.2 Å². The highest BCUT2D eigenvalue weighted by Gasteiger charge is 2.31. The van der Waals surface area contributed by atoms with Gasteiger partial charge in [-0.25, -0.2) is 0 Å². The fraction of sp³-hybridized carbons (Fsp3) is 0.529. The van der Waals surface area contributed by atoms with Crippen molar-refractivity contribution in [3.8, 4) is 5.75 Å². The Kier molecular flexibility index (Phi) is 5.41. The molecule has 0 radical (unpaired) electrons. The van der Waals surface area contributed by atoms with Crippen molar-refractivity contribution >= 4 is 11.8 Å². The summed E-state index contributed by atoms with van der Waals surface area (Å²) in [5.74, 6) is 0.0730. The number of primary amides is 1. The summed E-state index contributed by atoms with van der Waals surface area (Å²) in [6, 6.07) is 7.83. The maximum absolute atomic E-state index is 12.4. The zero-order valence-electron chi connectivity index (χ0n) is 13.2. The van der Waals surface area contributed by atoms with Crippen molar-refractivity contribution in [2.45, 2.75) is 39.2 Å². The molecule has 5 nitrogen and oxygen atoms in total. The number of benzene rings is 1. The first kappa shape index (κ1) is 16.3. The lowest BCUT2D eigenvalue weighted by Crippen LogP contribution is -2.50. The molecule has 1 aliphatic rings. The molecule has 1 aliphatic heterocycles. The van der Waals surface area contributed by atoms with E-state index in [1.165, 1.54) is 0 Å². The topological polar surface area (TPSA) is 72.6 Å². The molecule has 0 spiro atoms. The number of amides is 2. The Labute approximate surface area is 131 Å². The first-order valence-corrected chi connectivity index (χ1v) is 7.82. The molecule has 1 saturated heterocycles. The maximum Gasteiger partial charge on any atom is 0.260 e. The quantitative estimate of drug-likeness (QED) is 0.900. The van der Waals surface area contributed by atoms with Crippen LogP contribution in [0.1, 0.15) is 32.3 Å². The molecule has 2 atom stereocenters. The number of hydrogen-bond acceptors (Lipinski definition) is 3. The number of piperidine rings is 1. The smallest absolute Gasteiger partial charge is 0.260 e. The van der Waals surface area contributed by atoms with E-state index in [1.54, 1.807) is 4.90 Å². The molecule has 2 amide bonds. The number of nitrogens with two attached hydrogens (primary N) is 1. The minimum absolute atomic E-state index is 0.00711. The third kappa shape index (κ3) is 3.78. The number of carbonyl (C=O) groups excluding carboxylic acids is 2. The molecule has 2 rings (SSSR count). The molecule has 1 aromatic rings. The molecule has 22 heavy (non-hydrogen) atoms. The first-order chi connectivity index (χ1) is 10.5. The Hall–Kier alpha value is -2.04. The predicted octanol–water partition coefficient (Wildman–Crippen LogP) is 1.74. The summed E-state index contributed by atoms with van der Waals surface area (Å²) < 4.78 is 5.68. The second-order valence-corrected chi connectivity index (χ2v) is 5.82. The van der Waals surface area contributed by atoms with Crippen LogP contribution in [-0.4, -0.2) is 35.9 Å². The van der Waals surface area contributed by atoms with E-state index in [1.807, 2.05) is 38.1 Å². The molecule has 2 N–H and O–H groups in total. The van der Waals surface area contributed by atoms with Crippen molar-refractivity contribution in [3.05, 3.63) is 29.8 Å². The number of para-hydroxylation sites is 1. The Morgan fingerprint density at radius 1 is 1.32 bits per heavy atom. The lowest BCUT2D eigenvalue weighted by Gasteiger charge is -2.36. The third-order valence-corrected chi connectivity index (χ3v) is 4.31. The second kappa shape index (κ2) is 7.29. The monoisotopic (exact) mass is 304 g/mol. The lowest BCUT2D eigenvalue weighted by molar-refractivity contribution is -0.139. The molecule has 120 valence electrons. The summed E-state index contributed by atoms with van der Waals surface area (Å²) in [5.41, 5.74) is 6.45. The molecule has 1 aromatic carbocycles. The van der Waals surface area contributed by atoms with Crippen LogP contribution in [0.5, 0.6) is 5.75 Å². The third-order valence-electron chi connectivity index (χ3n) is 4.31. The van der Waals surface area contributed by atoms with Crippen molar-refractivity contribution in [1.29, 1.82) is 0 Å². The van der Waals surface area contributed by atoms with Crippen molar-refractivity contribution in [2.24, 2.45) is 11.7 Å². The Morgan fingerprint density at radius 3 is 2.73 bits per heavy atom. The number of rotatable bonds is 5. The van der Waals surface area contributed by atoms with Gasteiger partial charge in [0.05, 0.1) is 5.92 Å². The summed E-state index contributed by atoms with van der Waals surface area (Å²) in [4.78, 5) is 25.5. The van der Waals surface area contributed by atoms with Crippen LogP contribution < -0.4 is 10.5 Å². The molecular weight excluding hydrogens is 280 g/mol. The lowest BCUT2D eigenvalue weighted by atomic mass is 9.93. The van der Waals surface area contributed by atoms with E-state index in [0.29, 0.717) is 6.54 Å². The van der Waals surface area contributed by atoms with E-state index in [4.69, 9.17) is 10.5 Å². The van der Waals surface area contributed by atoms with Crippen LogP contribution in [0.3, 0.4) is 0 Å². The van der Waals surface area contributed by atoms with Crippen LogP contribution in [0.2, 0.25) is 0 Å². The molecular formula is C17H24N2O3. The summed E-state index contributed by atoms with van der Waals surface area (Å²) in [6.07, 6.45) is 2.40. The molecule has 0 bridgehead atoms. The first-order valence-electron chi connectivity index (χ1n) is 7.82. The summed E-state index contributed by atoms with van der Waals surface area (Å²) in [5, 5.41) is 0. The van der Waals surface area contributed by atoms with Crippen LogP contribution in [0, 0.1) is 5.92 Å². The fourth-order valence-corrected chi connectivity index (χ4v) is 2.85. The fourth-order valence-electron chi connectivity index (χ4n) is 2.85. The Morgan fingerprint density at radius 2 is 2.05 bits per heavy atom. The van der Waals surface area contributed by atoms with Crippen LogP contribution in [0.4, 0.5) is 0 Å². The van der Waals surface area contributed by atoms with E-state index in [9.17, 15) is 9.59 Å². The van der Waals surface area contributed by atoms with Crippen LogP contribution >= 0.6 is 0 Å². The number of likely N-dealkylation sites (tertiary alicyclic amines) is 1. The minimum Gasteiger partial charge on any atom is -0.483 e. The molecule has 1 fully saturated rings. The predicted molar refractivity (Wildman–Crippen MR) is 84.4 cm³/mol. The van der Waals surface area contributed by atoms with Gasteiger partial charge in [0.2, 0.25) is 5.91 Å². The highest BCUT2D eigenvalue weighted by molar-refractivity contribution is 5.81. The highest BCUT2D eigenvalue weighted by atomic mass is 16.5. The molecule has 0 aliphatic carbocycles. The van der Waals surface area contributed by atoms with E-state index in [0.717, 1.165) is 30.6 Å². The summed E-state index contributed by atoms with van der Waals surface area (Å²) >= 11 is 0. The van der Waals surface area contributed by atoms with Gasteiger partial charge in [-0.2, -0.15) is 0 Å². The summed E-state index contributed by atoms with van der Waals surface area (Å²) in [6.45, 7) is 4.43. The minimum atomic E-state index is -0.332. The summed E-state index contributed by atoms with van der Waals surface area (Å²) in [7, 11) is 0. The van der Waals surface area contributed by atoms with Crippen molar-refractivity contribution in [1.82, 2.24) is 4.90 Å². The standard InChI is InChI=1S/C17H24N2O3/c1-3-13-6-4-5-7-15(13)22-11-16(20)19-10-14(17(18)21)9-8-12(19)2/h4-7,12,14H,3,8-11H2,1-2H3,(H2,18,21)/t12-,14-/m0/s1. The Balaban J connectivity index is 1.97. The molecule has 5 heteroatoms. The SMILES string of the molecule is CCc1ccccc1OCC(=O)N1C[C@@H](C(N)=O)CC[C@@H]1C. The number of aryl methyl sites for hydroxylation is 1. The van der Waals surface area contributed by atoms with Gasteiger partial charge in [0.15, 0.2) is 6.61 Å².